The molecule has 0 aliphatic heterocycles. The third-order valence-corrected chi connectivity index (χ3v) is 5.46. The van der Waals surface area contributed by atoms with Crippen molar-refractivity contribution in [1.82, 2.24) is 25.3 Å². The molecule has 164 valence electrons. The Bertz CT molecular complexity index is 1280. The van der Waals surface area contributed by atoms with Crippen molar-refractivity contribution < 1.29 is 9.18 Å². The van der Waals surface area contributed by atoms with Gasteiger partial charge >= 0.3 is 0 Å². The van der Waals surface area contributed by atoms with E-state index in [1.165, 1.54) is 12.1 Å². The molecule has 4 rings (SSSR count). The number of rotatable bonds is 8. The molecule has 0 atom stereocenters. The first kappa shape index (κ1) is 21.4. The predicted octanol–water partition coefficient (Wildman–Crippen LogP) is 3.94. The largest absolute Gasteiger partial charge is 0.340 e. The molecule has 2 aromatic heterocycles. The van der Waals surface area contributed by atoms with Gasteiger partial charge in [-0.1, -0.05) is 24.6 Å². The van der Waals surface area contributed by atoms with Crippen molar-refractivity contribution in [2.45, 2.75) is 25.7 Å². The Morgan fingerprint density at radius 1 is 0.969 bits per heavy atom. The first-order valence-electron chi connectivity index (χ1n) is 10.6. The number of aromatic nitrogens is 4. The Morgan fingerprint density at radius 2 is 1.72 bits per heavy atom. The maximum atomic E-state index is 13.1. The summed E-state index contributed by atoms with van der Waals surface area (Å²) in [6.07, 6.45) is 3.59. The maximum absolute atomic E-state index is 13.1. The van der Waals surface area contributed by atoms with Crippen LogP contribution in [0.2, 0.25) is 0 Å². The maximum Gasteiger partial charge on any atom is 0.274 e. The van der Waals surface area contributed by atoms with E-state index < -0.39 is 0 Å². The van der Waals surface area contributed by atoms with Crippen LogP contribution < -0.4 is 5.56 Å². The molecule has 8 heteroatoms. The molecule has 0 spiro atoms. The van der Waals surface area contributed by atoms with E-state index in [1.807, 2.05) is 6.07 Å². The monoisotopic (exact) mass is 433 g/mol. The van der Waals surface area contributed by atoms with Crippen LogP contribution in [0.25, 0.3) is 22.0 Å². The number of unbranched alkanes of at least 4 members (excludes halogenated alkanes) is 2. The fourth-order valence-electron chi connectivity index (χ4n) is 3.66. The number of aromatic amines is 2. The number of H-pyrrole nitrogens is 2. The van der Waals surface area contributed by atoms with Crippen LogP contribution in [0.5, 0.6) is 0 Å². The third-order valence-electron chi connectivity index (χ3n) is 5.46. The third kappa shape index (κ3) is 4.74. The second-order valence-electron chi connectivity index (χ2n) is 7.77. The molecule has 32 heavy (non-hydrogen) atoms. The topological polar surface area (TPSA) is 94.7 Å². The Kier molecular flexibility index (Phi) is 6.39. The zero-order valence-electron chi connectivity index (χ0n) is 17.8. The lowest BCUT2D eigenvalue weighted by molar-refractivity contribution is 0.0787. The molecule has 0 fully saturated rings. The lowest BCUT2D eigenvalue weighted by Gasteiger charge is -2.17. The first-order valence-corrected chi connectivity index (χ1v) is 10.6. The average Bonchev–Trinajstić information content (AvgIpc) is 3.28. The summed E-state index contributed by atoms with van der Waals surface area (Å²) in [5, 5.41) is 14.7. The van der Waals surface area contributed by atoms with Crippen LogP contribution in [0, 0.1) is 5.82 Å². The summed E-state index contributed by atoms with van der Waals surface area (Å²) in [5.74, 6) is -0.479. The fraction of sp³-hybridized carbons (Fsp3) is 0.250. The number of halogens is 1. The average molecular weight is 433 g/mol. The van der Waals surface area contributed by atoms with Crippen molar-refractivity contribution in [1.29, 1.82) is 0 Å². The highest BCUT2D eigenvalue weighted by atomic mass is 19.1. The highest BCUT2D eigenvalue weighted by Gasteiger charge is 2.17. The highest BCUT2D eigenvalue weighted by molar-refractivity contribution is 6.04. The van der Waals surface area contributed by atoms with E-state index in [9.17, 15) is 14.0 Å². The minimum Gasteiger partial charge on any atom is -0.340 e. The number of carbonyl (C=O) groups is 1. The Hall–Kier alpha value is -3.81. The standard InChI is InChI=1S/C24H24FN5O2/c1-30(24(32)22-19-8-4-5-9-20(19)23(31)29-28-22)14-6-2-3-7-18-15-21(27-26-18)16-10-12-17(25)13-11-16/h4-5,8-13,15H,2-3,6-7,14H2,1H3,(H,26,27)(H,29,31). The van der Waals surface area contributed by atoms with Gasteiger partial charge in [0.2, 0.25) is 0 Å². The van der Waals surface area contributed by atoms with Gasteiger partial charge in [0.15, 0.2) is 5.69 Å². The minimum absolute atomic E-state index is 0.213. The molecule has 1 amide bonds. The number of nitrogens with one attached hydrogen (secondary N) is 2. The normalized spacial score (nSPS) is 11.1. The molecule has 2 aromatic carbocycles. The molecule has 2 heterocycles. The van der Waals surface area contributed by atoms with Gasteiger partial charge in [-0.2, -0.15) is 10.2 Å². The van der Waals surface area contributed by atoms with Crippen molar-refractivity contribution >= 4 is 16.7 Å². The fourth-order valence-corrected chi connectivity index (χ4v) is 3.66. The van der Waals surface area contributed by atoms with Crippen LogP contribution in [0.15, 0.2) is 59.4 Å². The molecule has 0 unspecified atom stereocenters. The number of nitrogens with zero attached hydrogens (tertiary/aromatic N) is 3. The summed E-state index contributed by atoms with van der Waals surface area (Å²) in [7, 11) is 1.74. The van der Waals surface area contributed by atoms with E-state index >= 15 is 0 Å². The second kappa shape index (κ2) is 9.55. The first-order chi connectivity index (χ1) is 15.5. The van der Waals surface area contributed by atoms with Gasteiger partial charge in [-0.3, -0.25) is 14.7 Å². The number of aryl methyl sites for hydroxylation is 1. The minimum atomic E-state index is -0.304. The second-order valence-corrected chi connectivity index (χ2v) is 7.77. The summed E-state index contributed by atoms with van der Waals surface area (Å²) in [6, 6.07) is 15.2. The Balaban J connectivity index is 1.27. The highest BCUT2D eigenvalue weighted by Crippen LogP contribution is 2.19. The van der Waals surface area contributed by atoms with E-state index in [-0.39, 0.29) is 23.0 Å². The lowest BCUT2D eigenvalue weighted by Crippen LogP contribution is -2.30. The number of hydrogen-bond donors (Lipinski definition) is 2. The van der Waals surface area contributed by atoms with Gasteiger partial charge in [0.1, 0.15) is 5.82 Å². The van der Waals surface area contributed by atoms with E-state index in [2.05, 4.69) is 20.4 Å². The van der Waals surface area contributed by atoms with Crippen molar-refractivity contribution in [3.05, 3.63) is 82.2 Å². The summed E-state index contributed by atoms with van der Waals surface area (Å²) in [4.78, 5) is 26.4. The van der Waals surface area contributed by atoms with Crippen LogP contribution in [0.1, 0.15) is 35.4 Å². The molecule has 0 saturated carbocycles. The van der Waals surface area contributed by atoms with Crippen LogP contribution in [0.3, 0.4) is 0 Å². The molecule has 0 aliphatic carbocycles. The zero-order chi connectivity index (χ0) is 22.5. The van der Waals surface area contributed by atoms with E-state index in [0.717, 1.165) is 42.6 Å². The number of hydrogen-bond acceptors (Lipinski definition) is 4. The number of benzene rings is 2. The van der Waals surface area contributed by atoms with E-state index in [0.29, 0.717) is 17.3 Å². The quantitative estimate of drug-likeness (QED) is 0.412. The van der Waals surface area contributed by atoms with Crippen molar-refractivity contribution in [2.75, 3.05) is 13.6 Å². The SMILES string of the molecule is CN(CCCCCc1cc(-c2ccc(F)cc2)n[nH]1)C(=O)c1n[nH]c(=O)c2ccccc12. The molecule has 0 bridgehead atoms. The van der Waals surface area contributed by atoms with Gasteiger partial charge in [0.05, 0.1) is 11.1 Å². The molecule has 0 saturated heterocycles. The van der Waals surface area contributed by atoms with Gasteiger partial charge in [-0.15, -0.1) is 0 Å². The van der Waals surface area contributed by atoms with Crippen LogP contribution in [-0.4, -0.2) is 44.8 Å². The molecule has 0 radical (unpaired) electrons. The van der Waals surface area contributed by atoms with Crippen molar-refractivity contribution in [2.24, 2.45) is 0 Å². The van der Waals surface area contributed by atoms with Gasteiger partial charge in [0, 0.05) is 30.2 Å². The lowest BCUT2D eigenvalue weighted by atomic mass is 10.1. The van der Waals surface area contributed by atoms with Crippen LogP contribution >= 0.6 is 0 Å². The van der Waals surface area contributed by atoms with Gasteiger partial charge < -0.3 is 4.90 Å². The molecule has 2 N–H and O–H groups in total. The predicted molar refractivity (Wildman–Crippen MR) is 121 cm³/mol. The molecule has 4 aromatic rings. The molecular weight excluding hydrogens is 409 g/mol. The zero-order valence-corrected chi connectivity index (χ0v) is 17.8. The van der Waals surface area contributed by atoms with Crippen LogP contribution in [0.4, 0.5) is 4.39 Å². The summed E-state index contributed by atoms with van der Waals surface area (Å²) < 4.78 is 13.1. The van der Waals surface area contributed by atoms with Crippen LogP contribution in [-0.2, 0) is 6.42 Å². The summed E-state index contributed by atoms with van der Waals surface area (Å²) in [5.41, 5.74) is 2.65. The number of fused-ring (bicyclic) bond motifs is 1. The van der Waals surface area contributed by atoms with E-state index in [4.69, 9.17) is 0 Å². The molecular formula is C24H24FN5O2. The smallest absolute Gasteiger partial charge is 0.274 e. The van der Waals surface area contributed by atoms with Crippen molar-refractivity contribution in [3.63, 3.8) is 0 Å². The number of amides is 1. The van der Waals surface area contributed by atoms with E-state index in [1.54, 1.807) is 48.3 Å². The van der Waals surface area contributed by atoms with Gasteiger partial charge in [-0.05, 0) is 55.7 Å². The Labute approximate surface area is 184 Å². The Morgan fingerprint density at radius 3 is 2.50 bits per heavy atom. The molecule has 0 aliphatic rings. The van der Waals surface area contributed by atoms with Crippen molar-refractivity contribution in [3.8, 4) is 11.3 Å². The summed E-state index contributed by atoms with van der Waals surface area (Å²) in [6.45, 7) is 0.595. The van der Waals surface area contributed by atoms with Gasteiger partial charge in [-0.25, -0.2) is 9.49 Å². The van der Waals surface area contributed by atoms with Gasteiger partial charge in [0.25, 0.3) is 11.5 Å². The summed E-state index contributed by atoms with van der Waals surface area (Å²) >= 11 is 0. The number of carbonyl (C=O) groups excluding carboxylic acids is 1. The molecule has 7 nitrogen and oxygen atoms in total.